The molecule has 8 heteroatoms. The molecule has 0 spiro atoms. The van der Waals surface area contributed by atoms with E-state index in [9.17, 15) is 9.18 Å². The Balaban J connectivity index is 1.97. The third kappa shape index (κ3) is 3.10. The monoisotopic (exact) mass is 313 g/mol. The molecule has 0 bridgehead atoms. The summed E-state index contributed by atoms with van der Waals surface area (Å²) in [5.41, 5.74) is 0.461. The molecule has 94 valence electrons. The molecule has 18 heavy (non-hydrogen) atoms. The zero-order chi connectivity index (χ0) is 13.0. The van der Waals surface area contributed by atoms with Crippen LogP contribution in [0.4, 0.5) is 10.3 Å². The predicted molar refractivity (Wildman–Crippen MR) is 65.6 cm³/mol. The SMILES string of the molecule is O=C(Nc1nn[nH]n1)C(Br)Cc1ccccc1F. The minimum absolute atomic E-state index is 0.0815. The summed E-state index contributed by atoms with van der Waals surface area (Å²) in [6, 6.07) is 6.30. The number of amides is 1. The third-order valence-electron chi connectivity index (χ3n) is 2.22. The number of tetrazole rings is 1. The number of nitrogens with zero attached hydrogens (tertiary/aromatic N) is 3. The van der Waals surface area contributed by atoms with Crippen LogP contribution < -0.4 is 5.32 Å². The molecule has 0 aliphatic heterocycles. The highest BCUT2D eigenvalue weighted by Crippen LogP contribution is 2.14. The van der Waals surface area contributed by atoms with Crippen LogP contribution in [0.25, 0.3) is 0 Å². The van der Waals surface area contributed by atoms with E-state index in [0.717, 1.165) is 0 Å². The van der Waals surface area contributed by atoms with Crippen LogP contribution in [0, 0.1) is 5.82 Å². The number of halogens is 2. The van der Waals surface area contributed by atoms with E-state index in [0.29, 0.717) is 5.56 Å². The highest BCUT2D eigenvalue weighted by molar-refractivity contribution is 9.10. The van der Waals surface area contributed by atoms with Gasteiger partial charge < -0.3 is 0 Å². The average Bonchev–Trinajstić information content (AvgIpc) is 2.84. The Kier molecular flexibility index (Phi) is 3.98. The van der Waals surface area contributed by atoms with Crippen molar-refractivity contribution < 1.29 is 9.18 Å². The van der Waals surface area contributed by atoms with Crippen LogP contribution in [0.5, 0.6) is 0 Å². The van der Waals surface area contributed by atoms with Crippen LogP contribution >= 0.6 is 15.9 Å². The highest BCUT2D eigenvalue weighted by atomic mass is 79.9. The first kappa shape index (κ1) is 12.6. The largest absolute Gasteiger partial charge is 0.291 e. The summed E-state index contributed by atoms with van der Waals surface area (Å²) in [5.74, 6) is -0.619. The van der Waals surface area contributed by atoms with Crippen LogP contribution in [-0.4, -0.2) is 31.4 Å². The second-order valence-corrected chi connectivity index (χ2v) is 4.59. The zero-order valence-electron chi connectivity index (χ0n) is 9.10. The van der Waals surface area contributed by atoms with Gasteiger partial charge in [0.05, 0.1) is 4.83 Å². The molecule has 0 fully saturated rings. The Morgan fingerprint density at radius 1 is 1.50 bits per heavy atom. The molecule has 0 saturated heterocycles. The summed E-state index contributed by atoms with van der Waals surface area (Å²) in [7, 11) is 0. The van der Waals surface area contributed by atoms with Gasteiger partial charge in [0.2, 0.25) is 5.91 Å². The number of hydrogen-bond acceptors (Lipinski definition) is 4. The van der Waals surface area contributed by atoms with E-state index < -0.39 is 4.83 Å². The van der Waals surface area contributed by atoms with Crippen molar-refractivity contribution in [2.45, 2.75) is 11.2 Å². The highest BCUT2D eigenvalue weighted by Gasteiger charge is 2.18. The molecule has 1 amide bonds. The standard InChI is InChI=1S/C10H9BrFN5O/c11-7(5-6-3-1-2-4-8(6)12)9(18)13-10-14-16-17-15-10/h1-4,7H,5H2,(H2,13,14,15,16,17,18). The summed E-state index contributed by atoms with van der Waals surface area (Å²) in [4.78, 5) is 11.1. The van der Waals surface area contributed by atoms with Gasteiger partial charge in [-0.3, -0.25) is 10.1 Å². The summed E-state index contributed by atoms with van der Waals surface area (Å²) in [6.45, 7) is 0. The van der Waals surface area contributed by atoms with Gasteiger partial charge in [-0.15, -0.1) is 5.10 Å². The van der Waals surface area contributed by atoms with Crippen molar-refractivity contribution in [3.63, 3.8) is 0 Å². The molecule has 1 aromatic heterocycles. The van der Waals surface area contributed by atoms with Gasteiger partial charge in [0, 0.05) is 0 Å². The lowest BCUT2D eigenvalue weighted by Gasteiger charge is -2.09. The lowest BCUT2D eigenvalue weighted by atomic mass is 10.1. The molecule has 0 aliphatic rings. The van der Waals surface area contributed by atoms with Gasteiger partial charge in [0.15, 0.2) is 0 Å². The number of carbonyl (C=O) groups excluding carboxylic acids is 1. The quantitative estimate of drug-likeness (QED) is 0.833. The molecule has 2 aromatic rings. The number of benzene rings is 1. The molecule has 0 radical (unpaired) electrons. The Morgan fingerprint density at radius 3 is 2.94 bits per heavy atom. The maximum atomic E-state index is 13.4. The molecule has 2 rings (SSSR count). The topological polar surface area (TPSA) is 83.6 Å². The Bertz CT molecular complexity index is 533. The van der Waals surface area contributed by atoms with E-state index in [1.165, 1.54) is 6.07 Å². The third-order valence-corrected chi connectivity index (χ3v) is 2.96. The van der Waals surface area contributed by atoms with Gasteiger partial charge in [-0.2, -0.15) is 5.21 Å². The molecule has 1 heterocycles. The predicted octanol–water partition coefficient (Wildman–Crippen LogP) is 1.28. The van der Waals surface area contributed by atoms with Gasteiger partial charge >= 0.3 is 0 Å². The number of carbonyl (C=O) groups is 1. The van der Waals surface area contributed by atoms with Crippen LogP contribution in [0.1, 0.15) is 5.56 Å². The molecule has 2 N–H and O–H groups in total. The van der Waals surface area contributed by atoms with Crippen molar-refractivity contribution in [2.75, 3.05) is 5.32 Å². The summed E-state index contributed by atoms with van der Waals surface area (Å²) in [5, 5.41) is 15.1. The van der Waals surface area contributed by atoms with Gasteiger partial charge in [0.25, 0.3) is 5.95 Å². The van der Waals surface area contributed by atoms with Crippen molar-refractivity contribution >= 4 is 27.8 Å². The fourth-order valence-electron chi connectivity index (χ4n) is 1.35. The normalized spacial score (nSPS) is 12.1. The van der Waals surface area contributed by atoms with Crippen LogP contribution in [0.3, 0.4) is 0 Å². The molecule has 1 unspecified atom stereocenters. The Morgan fingerprint density at radius 2 is 2.28 bits per heavy atom. The number of anilines is 1. The lowest BCUT2D eigenvalue weighted by molar-refractivity contribution is -0.115. The molecule has 6 nitrogen and oxygen atoms in total. The number of nitrogens with one attached hydrogen (secondary N) is 2. The second kappa shape index (κ2) is 5.67. The van der Waals surface area contributed by atoms with Gasteiger partial charge in [-0.1, -0.05) is 39.2 Å². The average molecular weight is 314 g/mol. The number of rotatable bonds is 4. The summed E-state index contributed by atoms with van der Waals surface area (Å²) in [6.07, 6.45) is 0.232. The number of aromatic nitrogens is 4. The Hall–Kier alpha value is -1.83. The fraction of sp³-hybridized carbons (Fsp3) is 0.200. The molecule has 1 atom stereocenters. The lowest BCUT2D eigenvalue weighted by Crippen LogP contribution is -2.25. The van der Waals surface area contributed by atoms with Crippen molar-refractivity contribution in [1.29, 1.82) is 0 Å². The number of aromatic amines is 1. The Labute approximate surface area is 110 Å². The first-order valence-electron chi connectivity index (χ1n) is 5.08. The summed E-state index contributed by atoms with van der Waals surface area (Å²) < 4.78 is 13.4. The maximum Gasteiger partial charge on any atom is 0.269 e. The van der Waals surface area contributed by atoms with E-state index in [-0.39, 0.29) is 24.1 Å². The van der Waals surface area contributed by atoms with Gasteiger partial charge in [-0.25, -0.2) is 4.39 Å². The van der Waals surface area contributed by atoms with E-state index in [1.54, 1.807) is 18.2 Å². The van der Waals surface area contributed by atoms with Crippen molar-refractivity contribution in [3.8, 4) is 0 Å². The van der Waals surface area contributed by atoms with E-state index in [4.69, 9.17) is 0 Å². The van der Waals surface area contributed by atoms with Gasteiger partial charge in [-0.05, 0) is 23.3 Å². The molecular formula is C10H9BrFN5O. The molecule has 0 aliphatic carbocycles. The van der Waals surface area contributed by atoms with Crippen molar-refractivity contribution in [3.05, 3.63) is 35.6 Å². The van der Waals surface area contributed by atoms with Crippen LogP contribution in [-0.2, 0) is 11.2 Å². The first-order chi connectivity index (χ1) is 8.66. The van der Waals surface area contributed by atoms with E-state index >= 15 is 0 Å². The van der Waals surface area contributed by atoms with Crippen molar-refractivity contribution in [2.24, 2.45) is 0 Å². The minimum Gasteiger partial charge on any atom is -0.291 e. The summed E-state index contributed by atoms with van der Waals surface area (Å²) >= 11 is 3.20. The van der Waals surface area contributed by atoms with E-state index in [1.807, 2.05) is 0 Å². The van der Waals surface area contributed by atoms with Crippen LogP contribution in [0.2, 0.25) is 0 Å². The first-order valence-corrected chi connectivity index (χ1v) is 6.00. The fourth-order valence-corrected chi connectivity index (χ4v) is 1.82. The van der Waals surface area contributed by atoms with Crippen molar-refractivity contribution in [1.82, 2.24) is 20.6 Å². The number of alkyl halides is 1. The van der Waals surface area contributed by atoms with E-state index in [2.05, 4.69) is 41.9 Å². The minimum atomic E-state index is -0.576. The van der Waals surface area contributed by atoms with Gasteiger partial charge in [0.1, 0.15) is 5.82 Å². The smallest absolute Gasteiger partial charge is 0.269 e. The number of hydrogen-bond donors (Lipinski definition) is 2. The van der Waals surface area contributed by atoms with Crippen LogP contribution in [0.15, 0.2) is 24.3 Å². The molecular weight excluding hydrogens is 305 g/mol. The molecule has 0 saturated carbocycles. The number of H-pyrrole nitrogens is 1. The second-order valence-electron chi connectivity index (χ2n) is 3.49. The zero-order valence-corrected chi connectivity index (χ0v) is 10.7. The maximum absolute atomic E-state index is 13.4. The molecule has 1 aromatic carbocycles.